The molecular weight excluding hydrogens is 152 g/mol. The van der Waals surface area contributed by atoms with Crippen LogP contribution in [0.25, 0.3) is 0 Å². The molecule has 0 aliphatic heterocycles. The topological polar surface area (TPSA) is 26.3 Å². The summed E-state index contributed by atoms with van der Waals surface area (Å²) in [6.07, 6.45) is 7.21. The van der Waals surface area contributed by atoms with Gasteiger partial charge in [-0.2, -0.15) is 0 Å². The summed E-state index contributed by atoms with van der Waals surface area (Å²) in [5, 5.41) is 0. The molecule has 1 rings (SSSR count). The zero-order valence-corrected chi connectivity index (χ0v) is 7.64. The van der Waals surface area contributed by atoms with Gasteiger partial charge in [-0.25, -0.2) is 4.79 Å². The van der Waals surface area contributed by atoms with Crippen molar-refractivity contribution in [2.75, 3.05) is 6.61 Å². The van der Waals surface area contributed by atoms with Crippen LogP contribution in [0.4, 0.5) is 0 Å². The van der Waals surface area contributed by atoms with Crippen molar-refractivity contribution in [1.82, 2.24) is 0 Å². The number of esters is 1. The Kier molecular flexibility index (Phi) is 3.85. The number of hydrogen-bond acceptors (Lipinski definition) is 2. The number of carbonyl (C=O) groups excluding carboxylic acids is 1. The number of ether oxygens (including phenoxy) is 1. The number of rotatable bonds is 3. The van der Waals surface area contributed by atoms with Gasteiger partial charge in [-0.1, -0.05) is 13.0 Å². The van der Waals surface area contributed by atoms with Gasteiger partial charge in [-0.05, 0) is 32.1 Å². The summed E-state index contributed by atoms with van der Waals surface area (Å²) < 4.78 is 5.02. The Morgan fingerprint density at radius 2 is 2.42 bits per heavy atom. The molecule has 1 aliphatic carbocycles. The highest BCUT2D eigenvalue weighted by Crippen LogP contribution is 2.18. The van der Waals surface area contributed by atoms with Gasteiger partial charge in [-0.15, -0.1) is 0 Å². The number of hydrogen-bond donors (Lipinski definition) is 0. The molecule has 0 bridgehead atoms. The van der Waals surface area contributed by atoms with Crippen LogP contribution in [0.2, 0.25) is 0 Å². The molecule has 0 saturated carbocycles. The van der Waals surface area contributed by atoms with Crippen LogP contribution in [0.3, 0.4) is 0 Å². The van der Waals surface area contributed by atoms with E-state index in [9.17, 15) is 4.79 Å². The Labute approximate surface area is 73.6 Å². The third-order valence-electron chi connectivity index (χ3n) is 1.99. The van der Waals surface area contributed by atoms with E-state index in [1.807, 2.05) is 13.0 Å². The predicted molar refractivity (Wildman–Crippen MR) is 47.8 cm³/mol. The molecule has 0 heterocycles. The number of allylic oxidation sites excluding steroid dienone is 1. The second kappa shape index (κ2) is 4.96. The van der Waals surface area contributed by atoms with Crippen LogP contribution in [-0.2, 0) is 9.53 Å². The molecule has 12 heavy (non-hydrogen) atoms. The van der Waals surface area contributed by atoms with Crippen molar-refractivity contribution >= 4 is 5.97 Å². The minimum Gasteiger partial charge on any atom is -0.462 e. The molecular formula is C10H16O2. The third-order valence-corrected chi connectivity index (χ3v) is 1.99. The highest BCUT2D eigenvalue weighted by atomic mass is 16.5. The highest BCUT2D eigenvalue weighted by Gasteiger charge is 2.12. The molecule has 0 unspecified atom stereocenters. The van der Waals surface area contributed by atoms with E-state index in [1.165, 1.54) is 6.42 Å². The van der Waals surface area contributed by atoms with E-state index in [2.05, 4.69) is 0 Å². The first-order valence-electron chi connectivity index (χ1n) is 4.70. The lowest BCUT2D eigenvalue weighted by molar-refractivity contribution is -0.139. The summed E-state index contributed by atoms with van der Waals surface area (Å²) in [5.74, 6) is -0.100. The van der Waals surface area contributed by atoms with Crippen LogP contribution in [-0.4, -0.2) is 12.6 Å². The standard InChI is InChI=1S/C10H16O2/c1-2-8-12-10(11)9-6-4-3-5-7-9/h6H,2-5,7-8H2,1H3. The summed E-state index contributed by atoms with van der Waals surface area (Å²) in [6.45, 7) is 2.55. The quantitative estimate of drug-likeness (QED) is 0.605. The lowest BCUT2D eigenvalue weighted by Crippen LogP contribution is -2.10. The van der Waals surface area contributed by atoms with Gasteiger partial charge in [-0.3, -0.25) is 0 Å². The maximum absolute atomic E-state index is 11.3. The molecule has 2 nitrogen and oxygen atoms in total. The van der Waals surface area contributed by atoms with Gasteiger partial charge < -0.3 is 4.74 Å². The maximum atomic E-state index is 11.3. The van der Waals surface area contributed by atoms with Gasteiger partial charge in [0.15, 0.2) is 0 Å². The molecule has 2 heteroatoms. The van der Waals surface area contributed by atoms with Crippen molar-refractivity contribution in [3.05, 3.63) is 11.6 Å². The molecule has 0 radical (unpaired) electrons. The molecule has 1 aliphatic rings. The third kappa shape index (κ3) is 2.68. The minimum absolute atomic E-state index is 0.100. The molecule has 0 aromatic heterocycles. The van der Waals surface area contributed by atoms with Crippen molar-refractivity contribution in [1.29, 1.82) is 0 Å². The van der Waals surface area contributed by atoms with E-state index in [0.717, 1.165) is 31.3 Å². The van der Waals surface area contributed by atoms with Gasteiger partial charge in [0, 0.05) is 5.57 Å². The molecule has 0 N–H and O–H groups in total. The van der Waals surface area contributed by atoms with Crippen molar-refractivity contribution < 1.29 is 9.53 Å². The van der Waals surface area contributed by atoms with Crippen LogP contribution in [0, 0.1) is 0 Å². The Balaban J connectivity index is 2.35. The van der Waals surface area contributed by atoms with E-state index in [4.69, 9.17) is 4.74 Å². The van der Waals surface area contributed by atoms with Crippen molar-refractivity contribution in [3.63, 3.8) is 0 Å². The first-order chi connectivity index (χ1) is 5.84. The van der Waals surface area contributed by atoms with Gasteiger partial charge in [0.05, 0.1) is 6.61 Å². The van der Waals surface area contributed by atoms with E-state index in [0.29, 0.717) is 6.61 Å². The van der Waals surface area contributed by atoms with E-state index >= 15 is 0 Å². The van der Waals surface area contributed by atoms with Crippen molar-refractivity contribution in [2.24, 2.45) is 0 Å². The fourth-order valence-electron chi connectivity index (χ4n) is 1.31. The Morgan fingerprint density at radius 3 is 3.00 bits per heavy atom. The zero-order valence-electron chi connectivity index (χ0n) is 7.64. The Morgan fingerprint density at radius 1 is 1.58 bits per heavy atom. The smallest absolute Gasteiger partial charge is 0.333 e. The number of carbonyl (C=O) groups is 1. The zero-order chi connectivity index (χ0) is 8.81. The van der Waals surface area contributed by atoms with Gasteiger partial charge in [0.1, 0.15) is 0 Å². The predicted octanol–water partition coefficient (Wildman–Crippen LogP) is 2.44. The molecule has 0 spiro atoms. The molecule has 68 valence electrons. The first-order valence-corrected chi connectivity index (χ1v) is 4.70. The second-order valence-corrected chi connectivity index (χ2v) is 3.11. The lowest BCUT2D eigenvalue weighted by Gasteiger charge is -2.11. The lowest BCUT2D eigenvalue weighted by atomic mass is 10.00. The maximum Gasteiger partial charge on any atom is 0.333 e. The van der Waals surface area contributed by atoms with Crippen LogP contribution < -0.4 is 0 Å². The van der Waals surface area contributed by atoms with Crippen LogP contribution in [0.5, 0.6) is 0 Å². The fraction of sp³-hybridized carbons (Fsp3) is 0.700. The Bertz CT molecular complexity index is 182. The average Bonchev–Trinajstić information content (AvgIpc) is 2.15. The summed E-state index contributed by atoms with van der Waals surface area (Å²) in [7, 11) is 0. The highest BCUT2D eigenvalue weighted by molar-refractivity contribution is 5.88. The van der Waals surface area contributed by atoms with Gasteiger partial charge in [0.2, 0.25) is 0 Å². The van der Waals surface area contributed by atoms with E-state index in [-0.39, 0.29) is 5.97 Å². The van der Waals surface area contributed by atoms with E-state index in [1.54, 1.807) is 0 Å². The second-order valence-electron chi connectivity index (χ2n) is 3.11. The fourth-order valence-corrected chi connectivity index (χ4v) is 1.31. The van der Waals surface area contributed by atoms with Crippen molar-refractivity contribution in [2.45, 2.75) is 39.0 Å². The monoisotopic (exact) mass is 168 g/mol. The summed E-state index contributed by atoms with van der Waals surface area (Å²) in [5.41, 5.74) is 0.884. The molecule has 0 amide bonds. The molecule has 0 atom stereocenters. The van der Waals surface area contributed by atoms with Crippen LogP contribution in [0.1, 0.15) is 39.0 Å². The SMILES string of the molecule is CCCOC(=O)C1=CCCCC1. The van der Waals surface area contributed by atoms with Crippen LogP contribution in [0.15, 0.2) is 11.6 Å². The minimum atomic E-state index is -0.100. The summed E-state index contributed by atoms with van der Waals surface area (Å²) >= 11 is 0. The van der Waals surface area contributed by atoms with Crippen molar-refractivity contribution in [3.8, 4) is 0 Å². The van der Waals surface area contributed by atoms with Crippen LogP contribution >= 0.6 is 0 Å². The Hall–Kier alpha value is -0.790. The summed E-state index contributed by atoms with van der Waals surface area (Å²) in [4.78, 5) is 11.3. The molecule has 0 saturated heterocycles. The molecule has 0 fully saturated rings. The first kappa shape index (κ1) is 9.30. The van der Waals surface area contributed by atoms with E-state index < -0.39 is 0 Å². The molecule has 0 aromatic carbocycles. The normalized spacial score (nSPS) is 16.9. The summed E-state index contributed by atoms with van der Waals surface area (Å²) in [6, 6.07) is 0. The van der Waals surface area contributed by atoms with Gasteiger partial charge >= 0.3 is 5.97 Å². The average molecular weight is 168 g/mol. The largest absolute Gasteiger partial charge is 0.462 e. The molecule has 0 aromatic rings. The van der Waals surface area contributed by atoms with Gasteiger partial charge in [0.25, 0.3) is 0 Å².